The van der Waals surface area contributed by atoms with Crippen molar-refractivity contribution in [1.82, 2.24) is 4.98 Å². The summed E-state index contributed by atoms with van der Waals surface area (Å²) in [7, 11) is 0. The van der Waals surface area contributed by atoms with E-state index in [1.54, 1.807) is 18.3 Å². The van der Waals surface area contributed by atoms with Gasteiger partial charge in [-0.15, -0.1) is 11.3 Å². The summed E-state index contributed by atoms with van der Waals surface area (Å²) in [5.74, 6) is -0.536. The average Bonchev–Trinajstić information content (AvgIpc) is 2.65. The lowest BCUT2D eigenvalue weighted by Gasteiger charge is -2.03. The number of aryl methyl sites for hydroxylation is 1. The first-order chi connectivity index (χ1) is 8.56. The fourth-order valence-electron chi connectivity index (χ4n) is 1.71. The van der Waals surface area contributed by atoms with Gasteiger partial charge in [-0.1, -0.05) is 0 Å². The number of nitriles is 1. The molecule has 90 valence electrons. The Labute approximate surface area is 109 Å². The normalized spacial score (nSPS) is 10.1. The Hall–Kier alpha value is -2.19. The molecular weight excluding hydrogens is 246 g/mol. The summed E-state index contributed by atoms with van der Waals surface area (Å²) in [5.41, 5.74) is 7.66. The molecule has 0 saturated heterocycles. The molecule has 1 amide bonds. The van der Waals surface area contributed by atoms with E-state index in [0.717, 1.165) is 10.4 Å². The average molecular weight is 257 g/mol. The molecule has 2 heterocycles. The zero-order chi connectivity index (χ0) is 13.3. The molecule has 0 atom stereocenters. The Morgan fingerprint density at radius 2 is 2.22 bits per heavy atom. The van der Waals surface area contributed by atoms with Gasteiger partial charge < -0.3 is 5.73 Å². The van der Waals surface area contributed by atoms with E-state index in [2.05, 4.69) is 11.1 Å². The minimum atomic E-state index is -0.536. The molecule has 0 aliphatic heterocycles. The van der Waals surface area contributed by atoms with Crippen LogP contribution < -0.4 is 5.73 Å². The van der Waals surface area contributed by atoms with Crippen LogP contribution in [0.25, 0.3) is 10.6 Å². The van der Waals surface area contributed by atoms with Gasteiger partial charge in [0.15, 0.2) is 0 Å². The first kappa shape index (κ1) is 12.3. The van der Waals surface area contributed by atoms with Crippen molar-refractivity contribution >= 4 is 17.2 Å². The van der Waals surface area contributed by atoms with Crippen LogP contribution in [0, 0.1) is 25.2 Å². The molecule has 0 radical (unpaired) electrons. The molecule has 2 rings (SSSR count). The highest BCUT2D eigenvalue weighted by atomic mass is 32.1. The van der Waals surface area contributed by atoms with Crippen molar-refractivity contribution < 1.29 is 4.79 Å². The highest BCUT2D eigenvalue weighted by Crippen LogP contribution is 2.35. The standard InChI is InChI=1S/C13H11N3OS/c1-7-8(2)18-12(10(7)6-14)11-9(13(15)17)4-3-5-16-11/h3-5H,1-2H3,(H2,15,17). The van der Waals surface area contributed by atoms with Crippen LogP contribution in [0.1, 0.15) is 26.4 Å². The van der Waals surface area contributed by atoms with Gasteiger partial charge >= 0.3 is 0 Å². The van der Waals surface area contributed by atoms with Crippen molar-refractivity contribution in [3.63, 3.8) is 0 Å². The van der Waals surface area contributed by atoms with E-state index in [-0.39, 0.29) is 0 Å². The van der Waals surface area contributed by atoms with Crippen molar-refractivity contribution in [2.24, 2.45) is 5.73 Å². The van der Waals surface area contributed by atoms with Gasteiger partial charge in [-0.2, -0.15) is 5.26 Å². The molecule has 0 fully saturated rings. The third kappa shape index (κ3) is 1.87. The lowest BCUT2D eigenvalue weighted by molar-refractivity contribution is 0.100. The number of hydrogen-bond donors (Lipinski definition) is 1. The minimum Gasteiger partial charge on any atom is -0.366 e. The number of primary amides is 1. The monoisotopic (exact) mass is 257 g/mol. The molecule has 2 aromatic rings. The van der Waals surface area contributed by atoms with Crippen LogP contribution in [0.15, 0.2) is 18.3 Å². The minimum absolute atomic E-state index is 0.343. The van der Waals surface area contributed by atoms with Crippen molar-refractivity contribution in [2.75, 3.05) is 0 Å². The fraction of sp³-hybridized carbons (Fsp3) is 0.154. The molecule has 0 bridgehead atoms. The van der Waals surface area contributed by atoms with Crippen LogP contribution in [0.5, 0.6) is 0 Å². The Morgan fingerprint density at radius 3 is 2.83 bits per heavy atom. The molecule has 0 aliphatic carbocycles. The van der Waals surface area contributed by atoms with Crippen molar-refractivity contribution in [3.8, 4) is 16.6 Å². The fourth-order valence-corrected chi connectivity index (χ4v) is 2.83. The number of hydrogen-bond acceptors (Lipinski definition) is 4. The first-order valence-corrected chi connectivity index (χ1v) is 6.13. The Balaban J connectivity index is 2.75. The molecule has 2 aromatic heterocycles. The maximum absolute atomic E-state index is 11.4. The predicted molar refractivity (Wildman–Crippen MR) is 70.3 cm³/mol. The SMILES string of the molecule is Cc1sc(-c2ncccc2C(N)=O)c(C#N)c1C. The van der Waals surface area contributed by atoms with Crippen molar-refractivity contribution in [2.45, 2.75) is 13.8 Å². The second kappa shape index (κ2) is 4.59. The summed E-state index contributed by atoms with van der Waals surface area (Å²) in [5, 5.41) is 9.22. The Morgan fingerprint density at radius 1 is 1.50 bits per heavy atom. The molecular formula is C13H11N3OS. The molecule has 0 saturated carbocycles. The third-order valence-electron chi connectivity index (χ3n) is 2.79. The van der Waals surface area contributed by atoms with Crippen molar-refractivity contribution in [3.05, 3.63) is 39.9 Å². The van der Waals surface area contributed by atoms with Gasteiger partial charge in [0.25, 0.3) is 5.91 Å². The topological polar surface area (TPSA) is 79.8 Å². The number of amides is 1. The number of nitrogens with zero attached hydrogens (tertiary/aromatic N) is 2. The summed E-state index contributed by atoms with van der Waals surface area (Å²) in [6.45, 7) is 3.83. The van der Waals surface area contributed by atoms with E-state index in [0.29, 0.717) is 21.7 Å². The highest BCUT2D eigenvalue weighted by Gasteiger charge is 2.19. The van der Waals surface area contributed by atoms with E-state index >= 15 is 0 Å². The van der Waals surface area contributed by atoms with Gasteiger partial charge in [0, 0.05) is 11.1 Å². The van der Waals surface area contributed by atoms with Crippen LogP contribution in [0.4, 0.5) is 0 Å². The maximum Gasteiger partial charge on any atom is 0.250 e. The first-order valence-electron chi connectivity index (χ1n) is 5.31. The maximum atomic E-state index is 11.4. The molecule has 0 spiro atoms. The molecule has 5 heteroatoms. The molecule has 0 aliphatic rings. The van der Waals surface area contributed by atoms with Gasteiger partial charge in [-0.05, 0) is 31.5 Å². The zero-order valence-electron chi connectivity index (χ0n) is 10.0. The number of pyridine rings is 1. The number of thiophene rings is 1. The molecule has 2 N–H and O–H groups in total. The van der Waals surface area contributed by atoms with E-state index in [4.69, 9.17) is 5.73 Å². The Kier molecular flexibility index (Phi) is 3.13. The largest absolute Gasteiger partial charge is 0.366 e. The van der Waals surface area contributed by atoms with E-state index in [9.17, 15) is 10.1 Å². The number of carbonyl (C=O) groups is 1. The van der Waals surface area contributed by atoms with Gasteiger partial charge in [-0.25, -0.2) is 0 Å². The second-order valence-electron chi connectivity index (χ2n) is 3.86. The van der Waals surface area contributed by atoms with Gasteiger partial charge in [0.2, 0.25) is 0 Å². The smallest absolute Gasteiger partial charge is 0.250 e. The highest BCUT2D eigenvalue weighted by molar-refractivity contribution is 7.15. The number of nitrogens with two attached hydrogens (primary N) is 1. The summed E-state index contributed by atoms with van der Waals surface area (Å²) in [4.78, 5) is 17.3. The molecule has 18 heavy (non-hydrogen) atoms. The summed E-state index contributed by atoms with van der Waals surface area (Å²) in [6, 6.07) is 5.44. The van der Waals surface area contributed by atoms with Gasteiger partial charge in [0.1, 0.15) is 6.07 Å². The Bertz CT molecular complexity index is 667. The van der Waals surface area contributed by atoms with Crippen molar-refractivity contribution in [1.29, 1.82) is 5.26 Å². The second-order valence-corrected chi connectivity index (χ2v) is 5.09. The van der Waals surface area contributed by atoms with Gasteiger partial charge in [0.05, 0.1) is 21.7 Å². The third-order valence-corrected chi connectivity index (χ3v) is 4.00. The lowest BCUT2D eigenvalue weighted by atomic mass is 10.1. The number of rotatable bonds is 2. The zero-order valence-corrected chi connectivity index (χ0v) is 10.8. The van der Waals surface area contributed by atoms with E-state index in [1.807, 2.05) is 13.8 Å². The van der Waals surface area contributed by atoms with E-state index < -0.39 is 5.91 Å². The van der Waals surface area contributed by atoms with Crippen LogP contribution in [-0.2, 0) is 0 Å². The van der Waals surface area contributed by atoms with Gasteiger partial charge in [-0.3, -0.25) is 9.78 Å². The van der Waals surface area contributed by atoms with Crippen LogP contribution in [-0.4, -0.2) is 10.9 Å². The molecule has 0 unspecified atom stereocenters. The quantitative estimate of drug-likeness (QED) is 0.897. The molecule has 4 nitrogen and oxygen atoms in total. The summed E-state index contributed by atoms with van der Waals surface area (Å²) in [6.07, 6.45) is 1.59. The van der Waals surface area contributed by atoms with Crippen LogP contribution in [0.2, 0.25) is 0 Å². The van der Waals surface area contributed by atoms with Crippen LogP contribution in [0.3, 0.4) is 0 Å². The lowest BCUT2D eigenvalue weighted by Crippen LogP contribution is -2.12. The number of aromatic nitrogens is 1. The number of carbonyl (C=O) groups excluding carboxylic acids is 1. The molecule has 0 aromatic carbocycles. The predicted octanol–water partition coefficient (Wildman–Crippen LogP) is 2.40. The summed E-state index contributed by atoms with van der Waals surface area (Å²) >= 11 is 1.46. The summed E-state index contributed by atoms with van der Waals surface area (Å²) < 4.78 is 0. The van der Waals surface area contributed by atoms with Crippen LogP contribution >= 0.6 is 11.3 Å². The van der Waals surface area contributed by atoms with E-state index in [1.165, 1.54) is 11.3 Å².